The molecule has 0 aliphatic rings. The van der Waals surface area contributed by atoms with E-state index >= 15 is 0 Å². The molecule has 31 heavy (non-hydrogen) atoms. The van der Waals surface area contributed by atoms with Gasteiger partial charge in [-0.3, -0.25) is 9.36 Å². The highest BCUT2D eigenvalue weighted by molar-refractivity contribution is 7.99. The van der Waals surface area contributed by atoms with E-state index in [9.17, 15) is 4.79 Å². The third-order valence-electron chi connectivity index (χ3n) is 4.50. The maximum atomic E-state index is 12.3. The molecule has 2 aromatic heterocycles. The molecule has 0 atom stereocenters. The van der Waals surface area contributed by atoms with Crippen LogP contribution in [0.3, 0.4) is 0 Å². The van der Waals surface area contributed by atoms with Crippen molar-refractivity contribution in [2.75, 3.05) is 18.2 Å². The highest BCUT2D eigenvalue weighted by Gasteiger charge is 2.18. The van der Waals surface area contributed by atoms with Gasteiger partial charge in [-0.15, -0.1) is 10.2 Å². The van der Waals surface area contributed by atoms with Crippen LogP contribution in [0, 0.1) is 13.8 Å². The number of aromatic nitrogens is 4. The van der Waals surface area contributed by atoms with Crippen LogP contribution in [-0.4, -0.2) is 38.7 Å². The summed E-state index contributed by atoms with van der Waals surface area (Å²) in [6.45, 7) is 3.80. The van der Waals surface area contributed by atoms with Crippen molar-refractivity contribution in [3.05, 3.63) is 65.9 Å². The van der Waals surface area contributed by atoms with Crippen molar-refractivity contribution in [1.29, 1.82) is 0 Å². The second-order valence-electron chi connectivity index (χ2n) is 6.87. The van der Waals surface area contributed by atoms with Gasteiger partial charge in [0, 0.05) is 17.3 Å². The number of benzene rings is 2. The van der Waals surface area contributed by atoms with Crippen molar-refractivity contribution in [2.45, 2.75) is 19.0 Å². The van der Waals surface area contributed by atoms with Gasteiger partial charge in [0.1, 0.15) is 11.5 Å². The quantitative estimate of drug-likeness (QED) is 0.433. The molecule has 2 aromatic carbocycles. The summed E-state index contributed by atoms with van der Waals surface area (Å²) in [6, 6.07) is 17.4. The van der Waals surface area contributed by atoms with Gasteiger partial charge in [0.25, 0.3) is 0 Å². The number of ether oxygens (including phenoxy) is 1. The molecule has 8 nitrogen and oxygen atoms in total. The van der Waals surface area contributed by atoms with Crippen LogP contribution >= 0.6 is 11.8 Å². The zero-order valence-corrected chi connectivity index (χ0v) is 18.1. The van der Waals surface area contributed by atoms with Gasteiger partial charge in [0.2, 0.25) is 5.91 Å². The minimum absolute atomic E-state index is 0.151. The standard InChI is InChI=1S/C22H21N5O3S/c1-14-4-8-17(9-5-14)27-21(16-6-10-18(29-3)11-7-16)24-25-22(27)31-13-20(28)23-19-12-15(2)30-26-19/h4-12H,13H2,1-3H3,(H,23,26,28). The number of amides is 1. The summed E-state index contributed by atoms with van der Waals surface area (Å²) in [4.78, 5) is 12.3. The van der Waals surface area contributed by atoms with Gasteiger partial charge in [-0.25, -0.2) is 0 Å². The molecule has 4 aromatic rings. The zero-order valence-electron chi connectivity index (χ0n) is 17.3. The molecule has 0 aliphatic heterocycles. The van der Waals surface area contributed by atoms with Crippen molar-refractivity contribution >= 4 is 23.5 Å². The van der Waals surface area contributed by atoms with Gasteiger partial charge in [-0.2, -0.15) is 0 Å². The molecule has 0 spiro atoms. The average molecular weight is 436 g/mol. The number of carbonyl (C=O) groups is 1. The normalized spacial score (nSPS) is 10.8. The summed E-state index contributed by atoms with van der Waals surface area (Å²) < 4.78 is 12.2. The lowest BCUT2D eigenvalue weighted by Crippen LogP contribution is -2.14. The molecule has 158 valence electrons. The Morgan fingerprint density at radius 2 is 1.84 bits per heavy atom. The number of thioether (sulfide) groups is 1. The summed E-state index contributed by atoms with van der Waals surface area (Å²) >= 11 is 1.30. The molecule has 0 radical (unpaired) electrons. The van der Waals surface area contributed by atoms with Crippen molar-refractivity contribution in [3.63, 3.8) is 0 Å². The lowest BCUT2D eigenvalue weighted by atomic mass is 10.2. The van der Waals surface area contributed by atoms with E-state index in [0.29, 0.717) is 22.6 Å². The highest BCUT2D eigenvalue weighted by Crippen LogP contribution is 2.29. The smallest absolute Gasteiger partial charge is 0.236 e. The van der Waals surface area contributed by atoms with Crippen LogP contribution in [0.1, 0.15) is 11.3 Å². The Morgan fingerprint density at radius 3 is 2.48 bits per heavy atom. The van der Waals surface area contributed by atoms with Gasteiger partial charge >= 0.3 is 0 Å². The van der Waals surface area contributed by atoms with Crippen LogP contribution in [0.15, 0.2) is 64.3 Å². The molecule has 0 fully saturated rings. The molecule has 0 bridgehead atoms. The van der Waals surface area contributed by atoms with Crippen molar-refractivity contribution in [1.82, 2.24) is 19.9 Å². The van der Waals surface area contributed by atoms with Crippen LogP contribution in [0.2, 0.25) is 0 Å². The number of methoxy groups -OCH3 is 1. The van der Waals surface area contributed by atoms with Crippen molar-refractivity contribution in [3.8, 4) is 22.8 Å². The number of hydrogen-bond acceptors (Lipinski definition) is 7. The van der Waals surface area contributed by atoms with Crippen LogP contribution in [0.5, 0.6) is 5.75 Å². The SMILES string of the molecule is COc1ccc(-c2nnc(SCC(=O)Nc3cc(C)on3)n2-c2ccc(C)cc2)cc1. The van der Waals surface area contributed by atoms with Crippen LogP contribution in [-0.2, 0) is 4.79 Å². The van der Waals surface area contributed by atoms with E-state index in [4.69, 9.17) is 9.26 Å². The average Bonchev–Trinajstić information content (AvgIpc) is 3.39. The molecular formula is C22H21N5O3S. The Hall–Kier alpha value is -3.59. The fourth-order valence-electron chi connectivity index (χ4n) is 2.95. The van der Waals surface area contributed by atoms with Gasteiger partial charge in [-0.1, -0.05) is 34.6 Å². The summed E-state index contributed by atoms with van der Waals surface area (Å²) in [6.07, 6.45) is 0. The molecule has 1 amide bonds. The Balaban J connectivity index is 1.61. The van der Waals surface area contributed by atoms with Crippen molar-refractivity contribution in [2.24, 2.45) is 0 Å². The predicted molar refractivity (Wildman–Crippen MR) is 119 cm³/mol. The summed E-state index contributed by atoms with van der Waals surface area (Å²) in [5.41, 5.74) is 2.96. The third-order valence-corrected chi connectivity index (χ3v) is 5.43. The van der Waals surface area contributed by atoms with Gasteiger partial charge in [0.05, 0.1) is 12.9 Å². The van der Waals surface area contributed by atoms with Gasteiger partial charge in [-0.05, 0) is 50.2 Å². The van der Waals surface area contributed by atoms with E-state index in [2.05, 4.69) is 20.7 Å². The molecule has 4 rings (SSSR count). The Bertz CT molecular complexity index is 1180. The monoisotopic (exact) mass is 435 g/mol. The second-order valence-corrected chi connectivity index (χ2v) is 7.81. The van der Waals surface area contributed by atoms with E-state index < -0.39 is 0 Å². The van der Waals surface area contributed by atoms with Crippen LogP contribution < -0.4 is 10.1 Å². The van der Waals surface area contributed by atoms with Crippen LogP contribution in [0.4, 0.5) is 5.82 Å². The zero-order chi connectivity index (χ0) is 21.8. The maximum absolute atomic E-state index is 12.3. The first kappa shape index (κ1) is 20.7. The number of carbonyl (C=O) groups excluding carboxylic acids is 1. The number of anilines is 1. The Morgan fingerprint density at radius 1 is 1.10 bits per heavy atom. The summed E-state index contributed by atoms with van der Waals surface area (Å²) in [5, 5.41) is 15.9. The number of nitrogens with zero attached hydrogens (tertiary/aromatic N) is 4. The summed E-state index contributed by atoms with van der Waals surface area (Å²) in [5.74, 6) is 2.41. The van der Waals surface area contributed by atoms with E-state index in [-0.39, 0.29) is 11.7 Å². The summed E-state index contributed by atoms with van der Waals surface area (Å²) in [7, 11) is 1.63. The molecule has 1 N–H and O–H groups in total. The molecule has 9 heteroatoms. The number of rotatable bonds is 7. The number of hydrogen-bond donors (Lipinski definition) is 1. The Labute approximate surface area is 183 Å². The lowest BCUT2D eigenvalue weighted by molar-refractivity contribution is -0.113. The van der Waals surface area contributed by atoms with Gasteiger partial charge < -0.3 is 14.6 Å². The van der Waals surface area contributed by atoms with E-state index in [1.165, 1.54) is 11.8 Å². The van der Waals surface area contributed by atoms with E-state index in [0.717, 1.165) is 22.6 Å². The largest absolute Gasteiger partial charge is 0.497 e. The number of nitrogens with one attached hydrogen (secondary N) is 1. The fourth-order valence-corrected chi connectivity index (χ4v) is 3.70. The van der Waals surface area contributed by atoms with E-state index in [1.807, 2.05) is 60.0 Å². The van der Waals surface area contributed by atoms with E-state index in [1.54, 1.807) is 20.1 Å². The van der Waals surface area contributed by atoms with Crippen molar-refractivity contribution < 1.29 is 14.1 Å². The molecule has 0 saturated heterocycles. The molecule has 2 heterocycles. The predicted octanol–water partition coefficient (Wildman–Crippen LogP) is 4.28. The molecular weight excluding hydrogens is 414 g/mol. The first-order valence-corrected chi connectivity index (χ1v) is 10.5. The van der Waals surface area contributed by atoms with Crippen LogP contribution in [0.25, 0.3) is 17.1 Å². The first-order chi connectivity index (χ1) is 15.0. The minimum Gasteiger partial charge on any atom is -0.497 e. The first-order valence-electron chi connectivity index (χ1n) is 9.56. The highest BCUT2D eigenvalue weighted by atomic mass is 32.2. The third kappa shape index (κ3) is 4.77. The molecule has 0 unspecified atom stereocenters. The van der Waals surface area contributed by atoms with Gasteiger partial charge in [0.15, 0.2) is 16.8 Å². The second kappa shape index (κ2) is 9.05. The Kier molecular flexibility index (Phi) is 6.03. The minimum atomic E-state index is -0.206. The molecule has 0 saturated carbocycles. The maximum Gasteiger partial charge on any atom is 0.236 e. The lowest BCUT2D eigenvalue weighted by Gasteiger charge is -2.11. The number of aryl methyl sites for hydroxylation is 2. The molecule has 0 aliphatic carbocycles. The topological polar surface area (TPSA) is 95.1 Å². The fraction of sp³-hybridized carbons (Fsp3) is 0.182.